The SMILES string of the molecule is CC1(C)c2ccccc2-c2ccc(N(c3ccccc3)c3ccc(-c4cc(-c5ccc6sc7ccccc7c6c5)cc(-c5ccc6sc7ccccc7c6c5)c4)cc3)cc21. The minimum Gasteiger partial charge on any atom is -0.310 e. The number of benzene rings is 9. The lowest BCUT2D eigenvalue weighted by atomic mass is 9.82. The zero-order valence-corrected chi connectivity index (χ0v) is 34.9. The molecular weight excluding hydrogens is 763 g/mol. The number of nitrogens with zero attached hydrogens (tertiary/aromatic N) is 1. The van der Waals surface area contributed by atoms with Gasteiger partial charge >= 0.3 is 0 Å². The molecule has 0 saturated carbocycles. The van der Waals surface area contributed by atoms with Gasteiger partial charge in [-0.25, -0.2) is 0 Å². The van der Waals surface area contributed by atoms with Crippen LogP contribution in [0.15, 0.2) is 200 Å². The lowest BCUT2D eigenvalue weighted by molar-refractivity contribution is 0.660. The van der Waals surface area contributed by atoms with Gasteiger partial charge in [0.05, 0.1) is 0 Å². The highest BCUT2D eigenvalue weighted by Crippen LogP contribution is 2.51. The summed E-state index contributed by atoms with van der Waals surface area (Å²) >= 11 is 3.74. The van der Waals surface area contributed by atoms with Crippen LogP contribution in [0.5, 0.6) is 0 Å². The highest BCUT2D eigenvalue weighted by molar-refractivity contribution is 7.26. The maximum Gasteiger partial charge on any atom is 0.0465 e. The molecule has 0 bridgehead atoms. The summed E-state index contributed by atoms with van der Waals surface area (Å²) in [5.74, 6) is 0. The number of hydrogen-bond donors (Lipinski definition) is 0. The van der Waals surface area contributed by atoms with Crippen molar-refractivity contribution in [2.75, 3.05) is 4.90 Å². The molecule has 11 aromatic rings. The molecule has 0 radical (unpaired) electrons. The summed E-state index contributed by atoms with van der Waals surface area (Å²) in [7, 11) is 0. The van der Waals surface area contributed by atoms with Crippen molar-refractivity contribution >= 4 is 80.1 Å². The van der Waals surface area contributed by atoms with Gasteiger partial charge in [-0.3, -0.25) is 0 Å². The van der Waals surface area contributed by atoms with E-state index in [4.69, 9.17) is 0 Å². The first-order chi connectivity index (χ1) is 29.5. The molecule has 1 nitrogen and oxygen atoms in total. The number of fused-ring (bicyclic) bond motifs is 9. The van der Waals surface area contributed by atoms with E-state index >= 15 is 0 Å². The van der Waals surface area contributed by atoms with Gasteiger partial charge in [-0.05, 0) is 147 Å². The van der Waals surface area contributed by atoms with Crippen molar-refractivity contribution < 1.29 is 0 Å². The van der Waals surface area contributed by atoms with Crippen LogP contribution in [0.4, 0.5) is 17.1 Å². The summed E-state index contributed by atoms with van der Waals surface area (Å²) in [5.41, 5.74) is 16.0. The van der Waals surface area contributed by atoms with Crippen molar-refractivity contribution in [3.8, 4) is 44.5 Å². The highest BCUT2D eigenvalue weighted by Gasteiger charge is 2.35. The molecule has 0 N–H and O–H groups in total. The highest BCUT2D eigenvalue weighted by atomic mass is 32.1. The molecule has 1 aliphatic carbocycles. The Labute approximate surface area is 358 Å². The second kappa shape index (κ2) is 13.6. The number of hydrogen-bond acceptors (Lipinski definition) is 3. The smallest absolute Gasteiger partial charge is 0.0465 e. The zero-order chi connectivity index (χ0) is 40.0. The standard InChI is InChI=1S/C57H39NS2/c1-57(2)51-17-9-6-14-45(51)46-27-26-44(35-52(46)57)58(42-12-4-3-5-13-42)43-24-20-36(21-25-43)39-30-40(37-22-28-55-49(33-37)47-15-7-10-18-53(47)59-55)32-41(31-39)38-23-29-56-50(34-38)48-16-8-11-19-54(48)60-56/h3-35H,1-2H3. The fourth-order valence-electron chi connectivity index (χ4n) is 9.60. The molecule has 0 atom stereocenters. The molecule has 284 valence electrons. The van der Waals surface area contributed by atoms with Gasteiger partial charge in [0.1, 0.15) is 0 Å². The maximum absolute atomic E-state index is 2.41. The van der Waals surface area contributed by atoms with Gasteiger partial charge < -0.3 is 4.90 Å². The molecule has 60 heavy (non-hydrogen) atoms. The number of anilines is 3. The van der Waals surface area contributed by atoms with E-state index in [2.05, 4.69) is 219 Å². The monoisotopic (exact) mass is 801 g/mol. The second-order valence-corrected chi connectivity index (χ2v) is 18.7. The summed E-state index contributed by atoms with van der Waals surface area (Å²) in [6.45, 7) is 4.71. The van der Waals surface area contributed by atoms with Gasteiger partial charge in [-0.15, -0.1) is 22.7 Å². The van der Waals surface area contributed by atoms with Crippen molar-refractivity contribution in [3.63, 3.8) is 0 Å². The largest absolute Gasteiger partial charge is 0.310 e. The van der Waals surface area contributed by atoms with E-state index in [1.807, 2.05) is 22.7 Å². The average molecular weight is 802 g/mol. The number of para-hydroxylation sites is 1. The fourth-order valence-corrected chi connectivity index (χ4v) is 11.8. The minimum absolute atomic E-state index is 0.0843. The molecule has 0 amide bonds. The summed E-state index contributed by atoms with van der Waals surface area (Å²) in [6.07, 6.45) is 0. The van der Waals surface area contributed by atoms with Crippen molar-refractivity contribution in [2.24, 2.45) is 0 Å². The summed E-state index contributed by atoms with van der Waals surface area (Å²) in [5, 5.41) is 5.27. The van der Waals surface area contributed by atoms with E-state index in [1.165, 1.54) is 96.0 Å². The molecule has 0 spiro atoms. The molecule has 3 heteroatoms. The van der Waals surface area contributed by atoms with Crippen molar-refractivity contribution in [2.45, 2.75) is 19.3 Å². The van der Waals surface area contributed by atoms with Crippen LogP contribution in [0, 0.1) is 0 Å². The number of rotatable bonds is 6. The Balaban J connectivity index is 0.989. The Hall–Kier alpha value is -6.78. The van der Waals surface area contributed by atoms with Crippen LogP contribution in [-0.4, -0.2) is 0 Å². The fraction of sp³-hybridized carbons (Fsp3) is 0.0526. The first-order valence-corrected chi connectivity index (χ1v) is 22.3. The molecule has 1 aliphatic rings. The van der Waals surface area contributed by atoms with Crippen molar-refractivity contribution in [1.82, 2.24) is 0 Å². The molecule has 0 aliphatic heterocycles. The predicted molar refractivity (Wildman–Crippen MR) is 261 cm³/mol. The Morgan fingerprint density at radius 1 is 0.317 bits per heavy atom. The van der Waals surface area contributed by atoms with Gasteiger partial charge in [0.25, 0.3) is 0 Å². The third-order valence-corrected chi connectivity index (χ3v) is 15.0. The number of thiophene rings is 2. The molecule has 0 unspecified atom stereocenters. The van der Waals surface area contributed by atoms with Crippen LogP contribution in [0.2, 0.25) is 0 Å². The lowest BCUT2D eigenvalue weighted by Gasteiger charge is -2.28. The van der Waals surface area contributed by atoms with Crippen LogP contribution in [0.1, 0.15) is 25.0 Å². The molecule has 2 heterocycles. The summed E-state index contributed by atoms with van der Waals surface area (Å²) in [6, 6.07) is 74.5. The summed E-state index contributed by atoms with van der Waals surface area (Å²) in [4.78, 5) is 2.39. The summed E-state index contributed by atoms with van der Waals surface area (Å²) < 4.78 is 5.30. The van der Waals surface area contributed by atoms with Gasteiger partial charge in [0, 0.05) is 62.8 Å². The predicted octanol–water partition coefficient (Wildman–Crippen LogP) is 17.2. The van der Waals surface area contributed by atoms with E-state index in [-0.39, 0.29) is 5.41 Å². The molecule has 9 aromatic carbocycles. The van der Waals surface area contributed by atoms with Crippen molar-refractivity contribution in [1.29, 1.82) is 0 Å². The Bertz CT molecular complexity index is 3330. The molecule has 0 fully saturated rings. The molecule has 2 aromatic heterocycles. The van der Waals surface area contributed by atoms with Crippen LogP contribution < -0.4 is 4.90 Å². The third-order valence-electron chi connectivity index (χ3n) is 12.7. The second-order valence-electron chi connectivity index (χ2n) is 16.5. The molecule has 12 rings (SSSR count). The Morgan fingerprint density at radius 3 is 1.42 bits per heavy atom. The van der Waals surface area contributed by atoms with Crippen LogP contribution in [0.3, 0.4) is 0 Å². The first-order valence-electron chi connectivity index (χ1n) is 20.6. The molecular formula is C57H39NS2. The maximum atomic E-state index is 2.41. The normalized spacial score (nSPS) is 13.0. The van der Waals surface area contributed by atoms with Crippen LogP contribution in [0.25, 0.3) is 84.9 Å². The van der Waals surface area contributed by atoms with Crippen molar-refractivity contribution in [3.05, 3.63) is 211 Å². The van der Waals surface area contributed by atoms with E-state index < -0.39 is 0 Å². The lowest BCUT2D eigenvalue weighted by Crippen LogP contribution is -2.16. The van der Waals surface area contributed by atoms with Gasteiger partial charge in [-0.1, -0.05) is 123 Å². The minimum atomic E-state index is -0.0843. The van der Waals surface area contributed by atoms with E-state index in [1.54, 1.807) is 0 Å². The van der Waals surface area contributed by atoms with Crippen LogP contribution >= 0.6 is 22.7 Å². The zero-order valence-electron chi connectivity index (χ0n) is 33.3. The van der Waals surface area contributed by atoms with E-state index in [0.29, 0.717) is 0 Å². The third kappa shape index (κ3) is 5.65. The van der Waals surface area contributed by atoms with E-state index in [0.717, 1.165) is 17.1 Å². The Kier molecular flexibility index (Phi) is 8.00. The quantitative estimate of drug-likeness (QED) is 0.162. The van der Waals surface area contributed by atoms with Gasteiger partial charge in [0.2, 0.25) is 0 Å². The van der Waals surface area contributed by atoms with Gasteiger partial charge in [-0.2, -0.15) is 0 Å². The van der Waals surface area contributed by atoms with Crippen LogP contribution in [-0.2, 0) is 5.41 Å². The topological polar surface area (TPSA) is 3.24 Å². The Morgan fingerprint density at radius 2 is 0.783 bits per heavy atom. The first kappa shape index (κ1) is 35.2. The van der Waals surface area contributed by atoms with Gasteiger partial charge in [0.15, 0.2) is 0 Å². The average Bonchev–Trinajstić information content (AvgIpc) is 3.94. The van der Waals surface area contributed by atoms with E-state index in [9.17, 15) is 0 Å². The molecule has 0 saturated heterocycles.